The average molecular weight is 291 g/mol. The molecule has 0 aliphatic heterocycles. The van der Waals surface area contributed by atoms with Crippen LogP contribution >= 0.6 is 11.8 Å². The van der Waals surface area contributed by atoms with Crippen LogP contribution in [0, 0.1) is 0 Å². The minimum absolute atomic E-state index is 0.00903. The number of aliphatic hydroxyl groups is 1. The van der Waals surface area contributed by atoms with E-state index in [-0.39, 0.29) is 12.5 Å². The topological polar surface area (TPSA) is 58.4 Å². The largest absolute Gasteiger partial charge is 0.390 e. The first-order valence-electron chi connectivity index (χ1n) is 6.19. The number of benzene rings is 1. The molecule has 1 aromatic carbocycles. The van der Waals surface area contributed by atoms with Crippen LogP contribution < -0.4 is 4.90 Å². The molecule has 1 heterocycles. The van der Waals surface area contributed by atoms with Crippen molar-refractivity contribution >= 4 is 23.4 Å². The molecule has 0 atom stereocenters. The Balaban J connectivity index is 1.97. The molecule has 1 N–H and O–H groups in total. The number of aliphatic hydroxyl groups excluding tert-OH is 1. The van der Waals surface area contributed by atoms with Gasteiger partial charge in [-0.2, -0.15) is 0 Å². The number of aromatic nitrogens is 2. The van der Waals surface area contributed by atoms with E-state index in [1.54, 1.807) is 22.7 Å². The molecule has 0 bridgehead atoms. The number of amides is 1. The number of thioether (sulfide) groups is 1. The lowest BCUT2D eigenvalue weighted by molar-refractivity contribution is -0.115. The quantitative estimate of drug-likeness (QED) is 0.851. The maximum atomic E-state index is 12.1. The van der Waals surface area contributed by atoms with E-state index in [9.17, 15) is 4.79 Å². The summed E-state index contributed by atoms with van der Waals surface area (Å²) in [6.07, 6.45) is 1.62. The fourth-order valence-electron chi connectivity index (χ4n) is 1.73. The number of hydrogen-bond acceptors (Lipinski definition) is 4. The molecule has 0 saturated carbocycles. The fourth-order valence-corrected chi connectivity index (χ4v) is 2.61. The highest BCUT2D eigenvalue weighted by atomic mass is 32.2. The SMILES string of the molecule is CN(C(=O)CSc1ncc(CO)n1C)c1ccccc1. The molecule has 1 amide bonds. The molecule has 0 spiro atoms. The highest BCUT2D eigenvalue weighted by Gasteiger charge is 2.13. The Labute approximate surface area is 122 Å². The lowest BCUT2D eigenvalue weighted by Gasteiger charge is -2.16. The molecule has 106 valence electrons. The Morgan fingerprint density at radius 3 is 2.70 bits per heavy atom. The summed E-state index contributed by atoms with van der Waals surface area (Å²) in [6.45, 7) is -0.0536. The first-order chi connectivity index (χ1) is 9.63. The molecule has 0 unspecified atom stereocenters. The zero-order valence-corrected chi connectivity index (χ0v) is 12.3. The summed E-state index contributed by atoms with van der Waals surface area (Å²) in [5.41, 5.74) is 1.60. The smallest absolute Gasteiger partial charge is 0.237 e. The van der Waals surface area contributed by atoms with Crippen LogP contribution in [0.4, 0.5) is 5.69 Å². The van der Waals surface area contributed by atoms with Crippen LogP contribution in [0.25, 0.3) is 0 Å². The summed E-state index contributed by atoms with van der Waals surface area (Å²) in [7, 11) is 3.59. The van der Waals surface area contributed by atoms with Crippen molar-refractivity contribution in [3.63, 3.8) is 0 Å². The van der Waals surface area contributed by atoms with Crippen molar-refractivity contribution in [2.24, 2.45) is 7.05 Å². The van der Waals surface area contributed by atoms with Crippen molar-refractivity contribution in [1.29, 1.82) is 0 Å². The number of nitrogens with zero attached hydrogens (tertiary/aromatic N) is 3. The molecule has 5 nitrogen and oxygen atoms in total. The standard InChI is InChI=1S/C14H17N3O2S/c1-16(11-6-4-3-5-7-11)13(19)10-20-14-15-8-12(9-18)17(14)2/h3-8,18H,9-10H2,1-2H3. The highest BCUT2D eigenvalue weighted by molar-refractivity contribution is 7.99. The molecule has 6 heteroatoms. The van der Waals surface area contributed by atoms with E-state index in [1.807, 2.05) is 37.4 Å². The maximum Gasteiger partial charge on any atom is 0.237 e. The van der Waals surface area contributed by atoms with Gasteiger partial charge in [0.2, 0.25) is 5.91 Å². The summed E-state index contributed by atoms with van der Waals surface area (Å²) < 4.78 is 1.79. The molecule has 1 aromatic heterocycles. The molecule has 0 aliphatic carbocycles. The zero-order valence-electron chi connectivity index (χ0n) is 11.5. The van der Waals surface area contributed by atoms with Crippen molar-refractivity contribution in [3.8, 4) is 0 Å². The molecule has 0 fully saturated rings. The molecular formula is C14H17N3O2S. The summed E-state index contributed by atoms with van der Waals surface area (Å²) in [6, 6.07) is 9.51. The highest BCUT2D eigenvalue weighted by Crippen LogP contribution is 2.19. The van der Waals surface area contributed by atoms with Gasteiger partial charge in [-0.3, -0.25) is 4.79 Å². The van der Waals surface area contributed by atoms with E-state index < -0.39 is 0 Å². The number of carbonyl (C=O) groups excluding carboxylic acids is 1. The Kier molecular flexibility index (Phi) is 4.81. The minimum atomic E-state index is -0.0536. The number of rotatable bonds is 5. The van der Waals surface area contributed by atoms with Crippen molar-refractivity contribution < 1.29 is 9.90 Å². The Bertz CT molecular complexity index is 583. The van der Waals surface area contributed by atoms with Gasteiger partial charge in [-0.1, -0.05) is 30.0 Å². The maximum absolute atomic E-state index is 12.1. The number of carbonyl (C=O) groups is 1. The first-order valence-corrected chi connectivity index (χ1v) is 7.18. The van der Waals surface area contributed by atoms with Crippen molar-refractivity contribution in [1.82, 2.24) is 9.55 Å². The van der Waals surface area contributed by atoms with Crippen LogP contribution in [0.5, 0.6) is 0 Å². The van der Waals surface area contributed by atoms with E-state index in [0.29, 0.717) is 5.75 Å². The predicted octanol–water partition coefficient (Wildman–Crippen LogP) is 1.67. The van der Waals surface area contributed by atoms with Crippen molar-refractivity contribution in [3.05, 3.63) is 42.2 Å². The average Bonchev–Trinajstić information content (AvgIpc) is 2.85. The van der Waals surface area contributed by atoms with E-state index in [0.717, 1.165) is 16.5 Å². The van der Waals surface area contributed by atoms with E-state index in [1.165, 1.54) is 11.8 Å². The number of hydrogen-bond donors (Lipinski definition) is 1. The summed E-state index contributed by atoms with van der Waals surface area (Å²) in [5, 5.41) is 9.83. The number of imidazole rings is 1. The van der Waals surface area contributed by atoms with Crippen LogP contribution in [0.1, 0.15) is 5.69 Å². The minimum Gasteiger partial charge on any atom is -0.390 e. The summed E-state index contributed by atoms with van der Waals surface area (Å²) in [5.74, 6) is 0.316. The molecule has 20 heavy (non-hydrogen) atoms. The van der Waals surface area contributed by atoms with Gasteiger partial charge in [-0.25, -0.2) is 4.98 Å². The first kappa shape index (κ1) is 14.6. The fraction of sp³-hybridized carbons (Fsp3) is 0.286. The zero-order chi connectivity index (χ0) is 14.5. The lowest BCUT2D eigenvalue weighted by atomic mass is 10.3. The van der Waals surface area contributed by atoms with Gasteiger partial charge >= 0.3 is 0 Å². The molecule has 2 rings (SSSR count). The molecule has 0 saturated heterocycles. The Morgan fingerprint density at radius 2 is 2.10 bits per heavy atom. The van der Waals surface area contributed by atoms with Crippen LogP contribution in [0.15, 0.2) is 41.7 Å². The molecule has 0 aliphatic rings. The second kappa shape index (κ2) is 6.58. The Hall–Kier alpha value is -1.79. The molecule has 2 aromatic rings. The van der Waals surface area contributed by atoms with Gasteiger partial charge in [0.15, 0.2) is 5.16 Å². The second-order valence-corrected chi connectivity index (χ2v) is 5.27. The van der Waals surface area contributed by atoms with Crippen molar-refractivity contribution in [2.75, 3.05) is 17.7 Å². The third-order valence-electron chi connectivity index (χ3n) is 3.05. The van der Waals surface area contributed by atoms with Gasteiger partial charge in [0.05, 0.1) is 24.3 Å². The van der Waals surface area contributed by atoms with Crippen LogP contribution in [0.2, 0.25) is 0 Å². The third kappa shape index (κ3) is 3.20. The summed E-state index contributed by atoms with van der Waals surface area (Å²) >= 11 is 1.36. The van der Waals surface area contributed by atoms with Crippen LogP contribution in [0.3, 0.4) is 0 Å². The summed E-state index contributed by atoms with van der Waals surface area (Å²) in [4.78, 5) is 17.9. The van der Waals surface area contributed by atoms with Crippen LogP contribution in [-0.4, -0.2) is 33.4 Å². The van der Waals surface area contributed by atoms with Gasteiger partial charge < -0.3 is 14.6 Å². The second-order valence-electron chi connectivity index (χ2n) is 4.33. The number of anilines is 1. The van der Waals surface area contributed by atoms with Gasteiger partial charge in [0.25, 0.3) is 0 Å². The van der Waals surface area contributed by atoms with Crippen LogP contribution in [-0.2, 0) is 18.4 Å². The van der Waals surface area contributed by atoms with Gasteiger partial charge in [-0.15, -0.1) is 0 Å². The van der Waals surface area contributed by atoms with Crippen molar-refractivity contribution in [2.45, 2.75) is 11.8 Å². The molecular weight excluding hydrogens is 274 g/mol. The predicted molar refractivity (Wildman–Crippen MR) is 79.7 cm³/mol. The monoisotopic (exact) mass is 291 g/mol. The third-order valence-corrected chi connectivity index (χ3v) is 4.07. The Morgan fingerprint density at radius 1 is 1.40 bits per heavy atom. The van der Waals surface area contributed by atoms with Gasteiger partial charge in [0, 0.05) is 19.8 Å². The van der Waals surface area contributed by atoms with E-state index in [4.69, 9.17) is 5.11 Å². The van der Waals surface area contributed by atoms with E-state index >= 15 is 0 Å². The van der Waals surface area contributed by atoms with Gasteiger partial charge in [0.1, 0.15) is 0 Å². The number of para-hydroxylation sites is 1. The normalized spacial score (nSPS) is 10.6. The van der Waals surface area contributed by atoms with Gasteiger partial charge in [-0.05, 0) is 12.1 Å². The molecule has 0 radical (unpaired) electrons. The van der Waals surface area contributed by atoms with E-state index in [2.05, 4.69) is 4.98 Å². The lowest BCUT2D eigenvalue weighted by Crippen LogP contribution is -2.27.